The topological polar surface area (TPSA) is 102 Å². The molecule has 9 heteroatoms. The number of sulfone groups is 1. The number of carbonyl (C=O) groups excluding carboxylic acids is 2. The zero-order chi connectivity index (χ0) is 16.9. The molecule has 23 heavy (non-hydrogen) atoms. The van der Waals surface area contributed by atoms with Crippen molar-refractivity contribution in [1.29, 1.82) is 0 Å². The maximum absolute atomic E-state index is 12.7. The predicted octanol–water partition coefficient (Wildman–Crippen LogP) is -0.376. The lowest BCUT2D eigenvalue weighted by Gasteiger charge is -2.11. The van der Waals surface area contributed by atoms with E-state index in [9.17, 15) is 22.4 Å². The summed E-state index contributed by atoms with van der Waals surface area (Å²) in [5.74, 6) is -1.05. The lowest BCUT2D eigenvalue weighted by molar-refractivity contribution is -0.127. The quantitative estimate of drug-likeness (QED) is 0.733. The third-order valence-corrected chi connectivity index (χ3v) is 5.00. The molecule has 1 saturated heterocycles. The Morgan fingerprint density at radius 2 is 1.91 bits per heavy atom. The maximum atomic E-state index is 12.7. The first-order chi connectivity index (χ1) is 10.8. The van der Waals surface area contributed by atoms with E-state index in [1.165, 1.54) is 24.3 Å². The van der Waals surface area contributed by atoms with Crippen molar-refractivity contribution < 1.29 is 27.1 Å². The predicted molar refractivity (Wildman–Crippen MR) is 80.1 cm³/mol. The highest BCUT2D eigenvalue weighted by Crippen LogP contribution is 2.11. The number of carbonyl (C=O) groups is 2. The highest BCUT2D eigenvalue weighted by atomic mass is 32.2. The molecule has 0 bridgehead atoms. The number of hydrogen-bond acceptors (Lipinski definition) is 5. The maximum Gasteiger partial charge on any atom is 0.258 e. The number of halogens is 1. The molecule has 0 radical (unpaired) electrons. The van der Waals surface area contributed by atoms with Crippen LogP contribution in [0.1, 0.15) is 6.42 Å². The average Bonchev–Trinajstić information content (AvgIpc) is 2.83. The summed E-state index contributed by atoms with van der Waals surface area (Å²) >= 11 is 0. The number of hydrogen-bond donors (Lipinski definition) is 2. The zero-order valence-electron chi connectivity index (χ0n) is 12.2. The van der Waals surface area contributed by atoms with E-state index in [0.29, 0.717) is 12.2 Å². The molecule has 7 nitrogen and oxygen atoms in total. The van der Waals surface area contributed by atoms with Gasteiger partial charge in [-0.05, 0) is 30.7 Å². The molecule has 1 atom stereocenters. The van der Waals surface area contributed by atoms with Crippen LogP contribution < -0.4 is 15.4 Å². The lowest BCUT2D eigenvalue weighted by atomic mass is 10.2. The molecule has 126 valence electrons. The Labute approximate surface area is 133 Å². The first kappa shape index (κ1) is 17.2. The number of nitrogens with one attached hydrogen (secondary N) is 2. The molecule has 1 unspecified atom stereocenters. The molecule has 1 fully saturated rings. The second-order valence-electron chi connectivity index (χ2n) is 5.19. The molecule has 2 rings (SSSR count). The Kier molecular flexibility index (Phi) is 5.54. The summed E-state index contributed by atoms with van der Waals surface area (Å²) in [6.45, 7) is -0.571. The average molecular weight is 344 g/mol. The summed E-state index contributed by atoms with van der Waals surface area (Å²) in [5.41, 5.74) is 0. The molecule has 1 aromatic carbocycles. The minimum atomic E-state index is -3.06. The van der Waals surface area contributed by atoms with Gasteiger partial charge in [-0.1, -0.05) is 0 Å². The summed E-state index contributed by atoms with van der Waals surface area (Å²) in [6, 6.07) is 4.78. The van der Waals surface area contributed by atoms with Gasteiger partial charge in [-0.2, -0.15) is 0 Å². The Hall–Kier alpha value is -2.16. The SMILES string of the molecule is O=C(COc1ccc(F)cc1)NCC(=O)NC1CCS(=O)(=O)C1. The van der Waals surface area contributed by atoms with Crippen LogP contribution >= 0.6 is 0 Å². The molecular weight excluding hydrogens is 327 g/mol. The Morgan fingerprint density at radius 3 is 2.52 bits per heavy atom. The minimum absolute atomic E-state index is 0.0653. The highest BCUT2D eigenvalue weighted by molar-refractivity contribution is 7.91. The van der Waals surface area contributed by atoms with Crippen LogP contribution in [0.15, 0.2) is 24.3 Å². The van der Waals surface area contributed by atoms with Gasteiger partial charge in [0.15, 0.2) is 16.4 Å². The lowest BCUT2D eigenvalue weighted by Crippen LogP contribution is -2.43. The number of ether oxygens (including phenoxy) is 1. The van der Waals surface area contributed by atoms with Gasteiger partial charge in [-0.3, -0.25) is 9.59 Å². The van der Waals surface area contributed by atoms with Crippen molar-refractivity contribution in [1.82, 2.24) is 10.6 Å². The van der Waals surface area contributed by atoms with Crippen LogP contribution in [0.25, 0.3) is 0 Å². The number of amides is 2. The number of rotatable bonds is 6. The molecule has 2 amide bonds. The van der Waals surface area contributed by atoms with Crippen molar-refractivity contribution in [2.24, 2.45) is 0 Å². The second-order valence-corrected chi connectivity index (χ2v) is 7.42. The summed E-state index contributed by atoms with van der Waals surface area (Å²) in [6.07, 6.45) is 0.385. The smallest absolute Gasteiger partial charge is 0.258 e. The molecule has 1 aromatic rings. The van der Waals surface area contributed by atoms with Crippen LogP contribution in [0.4, 0.5) is 4.39 Å². The van der Waals surface area contributed by atoms with Gasteiger partial charge in [0.1, 0.15) is 11.6 Å². The van der Waals surface area contributed by atoms with E-state index in [2.05, 4.69) is 10.6 Å². The monoisotopic (exact) mass is 344 g/mol. The first-order valence-corrected chi connectivity index (χ1v) is 8.81. The normalized spacial score (nSPS) is 19.1. The fourth-order valence-electron chi connectivity index (χ4n) is 2.10. The molecule has 1 aliphatic rings. The summed E-state index contributed by atoms with van der Waals surface area (Å²) in [5, 5.41) is 4.91. The van der Waals surface area contributed by atoms with Gasteiger partial charge in [-0.15, -0.1) is 0 Å². The fourth-order valence-corrected chi connectivity index (χ4v) is 3.77. The second kappa shape index (κ2) is 7.40. The van der Waals surface area contributed by atoms with E-state index in [0.717, 1.165) is 0 Å². The van der Waals surface area contributed by atoms with Crippen LogP contribution in [-0.2, 0) is 19.4 Å². The van der Waals surface area contributed by atoms with Crippen molar-refractivity contribution in [2.45, 2.75) is 12.5 Å². The van der Waals surface area contributed by atoms with Gasteiger partial charge in [0.2, 0.25) is 5.91 Å². The van der Waals surface area contributed by atoms with E-state index >= 15 is 0 Å². The minimum Gasteiger partial charge on any atom is -0.484 e. The molecule has 0 saturated carbocycles. The summed E-state index contributed by atoms with van der Waals surface area (Å²) in [7, 11) is -3.06. The van der Waals surface area contributed by atoms with Gasteiger partial charge in [0.25, 0.3) is 5.91 Å². The third-order valence-electron chi connectivity index (χ3n) is 3.23. The summed E-state index contributed by atoms with van der Waals surface area (Å²) < 4.78 is 40.4. The molecule has 1 aliphatic heterocycles. The van der Waals surface area contributed by atoms with E-state index in [-0.39, 0.29) is 24.7 Å². The van der Waals surface area contributed by atoms with E-state index in [1.54, 1.807) is 0 Å². The van der Waals surface area contributed by atoms with Crippen molar-refractivity contribution in [3.63, 3.8) is 0 Å². The Balaban J connectivity index is 1.66. The molecule has 0 aliphatic carbocycles. The van der Waals surface area contributed by atoms with Crippen LogP contribution in [0.5, 0.6) is 5.75 Å². The van der Waals surface area contributed by atoms with Gasteiger partial charge in [0, 0.05) is 6.04 Å². The van der Waals surface area contributed by atoms with E-state index in [1.807, 2.05) is 0 Å². The van der Waals surface area contributed by atoms with Crippen LogP contribution in [0.2, 0.25) is 0 Å². The highest BCUT2D eigenvalue weighted by Gasteiger charge is 2.28. The Bertz CT molecular complexity index is 675. The van der Waals surface area contributed by atoms with Crippen molar-refractivity contribution >= 4 is 21.7 Å². The van der Waals surface area contributed by atoms with Gasteiger partial charge in [0.05, 0.1) is 18.1 Å². The third kappa shape index (κ3) is 5.85. The van der Waals surface area contributed by atoms with Crippen LogP contribution in [0, 0.1) is 5.82 Å². The standard InChI is InChI=1S/C14H17FN2O5S/c15-10-1-3-12(4-2-10)22-8-14(19)16-7-13(18)17-11-5-6-23(20,21)9-11/h1-4,11H,5-9H2,(H,16,19)(H,17,18). The molecular formula is C14H17FN2O5S. The van der Waals surface area contributed by atoms with Crippen molar-refractivity contribution in [3.05, 3.63) is 30.1 Å². The Morgan fingerprint density at radius 1 is 1.22 bits per heavy atom. The van der Waals surface area contributed by atoms with Crippen LogP contribution in [0.3, 0.4) is 0 Å². The van der Waals surface area contributed by atoms with Gasteiger partial charge < -0.3 is 15.4 Å². The van der Waals surface area contributed by atoms with Gasteiger partial charge in [-0.25, -0.2) is 12.8 Å². The molecule has 0 aromatic heterocycles. The summed E-state index contributed by atoms with van der Waals surface area (Å²) in [4.78, 5) is 23.2. The van der Waals surface area contributed by atoms with Crippen molar-refractivity contribution in [3.8, 4) is 5.75 Å². The first-order valence-electron chi connectivity index (χ1n) is 6.99. The fraction of sp³-hybridized carbons (Fsp3) is 0.429. The number of benzene rings is 1. The van der Waals surface area contributed by atoms with Crippen LogP contribution in [-0.4, -0.2) is 50.9 Å². The molecule has 0 spiro atoms. The van der Waals surface area contributed by atoms with E-state index < -0.39 is 33.5 Å². The van der Waals surface area contributed by atoms with Gasteiger partial charge >= 0.3 is 0 Å². The largest absolute Gasteiger partial charge is 0.484 e. The molecule has 2 N–H and O–H groups in total. The van der Waals surface area contributed by atoms with Crippen molar-refractivity contribution in [2.75, 3.05) is 24.7 Å². The zero-order valence-corrected chi connectivity index (χ0v) is 13.1. The molecule has 1 heterocycles. The van der Waals surface area contributed by atoms with E-state index in [4.69, 9.17) is 4.74 Å².